The lowest BCUT2D eigenvalue weighted by Gasteiger charge is -2.11. The second-order valence-electron chi connectivity index (χ2n) is 6.66. The average molecular weight is 430 g/mol. The van der Waals surface area contributed by atoms with Crippen molar-refractivity contribution in [2.24, 2.45) is 0 Å². The van der Waals surface area contributed by atoms with Crippen molar-refractivity contribution >= 4 is 39.7 Å². The summed E-state index contributed by atoms with van der Waals surface area (Å²) in [6.45, 7) is 5.80. The van der Waals surface area contributed by atoms with Crippen molar-refractivity contribution in [1.29, 1.82) is 0 Å². The monoisotopic (exact) mass is 429 g/mol. The highest BCUT2D eigenvalue weighted by atomic mass is 32.2. The Kier molecular flexibility index (Phi) is 7.24. The second kappa shape index (κ2) is 9.87. The molecule has 1 heterocycles. The van der Waals surface area contributed by atoms with Gasteiger partial charge in [0, 0.05) is 17.0 Å². The van der Waals surface area contributed by atoms with E-state index in [1.54, 1.807) is 24.3 Å². The predicted octanol–water partition coefficient (Wildman–Crippen LogP) is 4.63. The Morgan fingerprint density at radius 3 is 2.79 bits per heavy atom. The van der Waals surface area contributed by atoms with Crippen LogP contribution in [0.5, 0.6) is 5.75 Å². The minimum absolute atomic E-state index is 0.0203. The van der Waals surface area contributed by atoms with Gasteiger partial charge in [0.25, 0.3) is 0 Å². The van der Waals surface area contributed by atoms with Crippen LogP contribution in [0.1, 0.15) is 28.4 Å². The van der Waals surface area contributed by atoms with Crippen LogP contribution in [0.2, 0.25) is 0 Å². The molecule has 0 amide bonds. The summed E-state index contributed by atoms with van der Waals surface area (Å²) in [6, 6.07) is 13.1. The molecule has 0 saturated carbocycles. The fraction of sp³-hybridized carbons (Fsp3) is 0.286. The van der Waals surface area contributed by atoms with Crippen LogP contribution in [0.15, 0.2) is 46.8 Å². The number of rotatable bonds is 9. The number of hydrogen-bond acceptors (Lipinski definition) is 8. The first-order chi connectivity index (χ1) is 13.9. The molecule has 0 spiro atoms. The number of benzene rings is 2. The number of thioether (sulfide) groups is 1. The van der Waals surface area contributed by atoms with Crippen molar-refractivity contribution in [3.8, 4) is 5.75 Å². The van der Waals surface area contributed by atoms with E-state index in [0.717, 1.165) is 10.0 Å². The highest BCUT2D eigenvalue weighted by Crippen LogP contribution is 2.28. The maximum Gasteiger partial charge on any atom is 0.210 e. The second-order valence-corrected chi connectivity index (χ2v) is 8.90. The smallest absolute Gasteiger partial charge is 0.210 e. The summed E-state index contributed by atoms with van der Waals surface area (Å²) in [6.07, 6.45) is -0.666. The van der Waals surface area contributed by atoms with Gasteiger partial charge in [-0.25, -0.2) is 0 Å². The quantitative estimate of drug-likeness (QED) is 0.379. The molecular formula is C21H23N3O3S2. The predicted molar refractivity (Wildman–Crippen MR) is 118 cm³/mol. The molecule has 0 saturated heterocycles. The number of carbonyl (C=O) groups is 1. The van der Waals surface area contributed by atoms with E-state index in [1.165, 1.54) is 41.1 Å². The van der Waals surface area contributed by atoms with E-state index in [9.17, 15) is 9.90 Å². The molecule has 152 valence electrons. The number of carbonyl (C=O) groups excluding carboxylic acids is 1. The number of aliphatic hydroxyl groups excluding tert-OH is 1. The Balaban J connectivity index is 1.47. The molecule has 1 atom stereocenters. The first-order valence-electron chi connectivity index (χ1n) is 9.13. The van der Waals surface area contributed by atoms with Gasteiger partial charge in [-0.15, -0.1) is 10.2 Å². The number of aromatic nitrogens is 2. The van der Waals surface area contributed by atoms with Gasteiger partial charge in [-0.1, -0.05) is 41.3 Å². The number of aryl methyl sites for hydroxylation is 2. The molecule has 3 rings (SSSR count). The van der Waals surface area contributed by atoms with Gasteiger partial charge in [-0.3, -0.25) is 4.79 Å². The SMILES string of the molecule is CC(=O)c1cccc(OCC(O)CSc2nnc(Nc3ccc(C)c(C)c3)s2)c1. The van der Waals surface area contributed by atoms with Crippen LogP contribution >= 0.6 is 23.1 Å². The zero-order chi connectivity index (χ0) is 20.8. The number of Topliss-reactive ketones (excluding diaryl/α,β-unsaturated/α-hetero) is 1. The molecule has 8 heteroatoms. The average Bonchev–Trinajstić information content (AvgIpc) is 3.15. The van der Waals surface area contributed by atoms with E-state index >= 15 is 0 Å². The Morgan fingerprint density at radius 1 is 1.21 bits per heavy atom. The molecule has 0 radical (unpaired) electrons. The van der Waals surface area contributed by atoms with E-state index < -0.39 is 6.10 Å². The summed E-state index contributed by atoms with van der Waals surface area (Å²) in [5, 5.41) is 22.5. The van der Waals surface area contributed by atoms with Crippen molar-refractivity contribution in [2.75, 3.05) is 17.7 Å². The molecule has 2 aromatic carbocycles. The zero-order valence-corrected chi connectivity index (χ0v) is 18.1. The molecule has 29 heavy (non-hydrogen) atoms. The lowest BCUT2D eigenvalue weighted by atomic mass is 10.1. The maximum atomic E-state index is 11.4. The Morgan fingerprint density at radius 2 is 2.03 bits per heavy atom. The van der Waals surface area contributed by atoms with Crippen LogP contribution in [0, 0.1) is 13.8 Å². The highest BCUT2D eigenvalue weighted by molar-refractivity contribution is 8.01. The van der Waals surface area contributed by atoms with Crippen molar-refractivity contribution in [3.05, 3.63) is 59.2 Å². The van der Waals surface area contributed by atoms with Crippen molar-refractivity contribution in [1.82, 2.24) is 10.2 Å². The third-order valence-corrected chi connectivity index (χ3v) is 6.36. The van der Waals surface area contributed by atoms with Gasteiger partial charge in [0.05, 0.1) is 6.10 Å². The van der Waals surface area contributed by atoms with E-state index in [4.69, 9.17) is 4.74 Å². The third kappa shape index (κ3) is 6.28. The zero-order valence-electron chi connectivity index (χ0n) is 16.5. The highest BCUT2D eigenvalue weighted by Gasteiger charge is 2.11. The largest absolute Gasteiger partial charge is 0.491 e. The van der Waals surface area contributed by atoms with Crippen LogP contribution < -0.4 is 10.1 Å². The van der Waals surface area contributed by atoms with Crippen LogP contribution in [0.3, 0.4) is 0 Å². The topological polar surface area (TPSA) is 84.3 Å². The summed E-state index contributed by atoms with van der Waals surface area (Å²) in [5.74, 6) is 0.982. The molecule has 0 aliphatic carbocycles. The molecule has 6 nitrogen and oxygen atoms in total. The summed E-state index contributed by atoms with van der Waals surface area (Å²) < 4.78 is 6.36. The number of aliphatic hydroxyl groups is 1. The molecule has 0 aliphatic rings. The standard InChI is InChI=1S/C21H23N3O3S2/c1-13-7-8-17(9-14(13)2)22-20-23-24-21(29-20)28-12-18(26)11-27-19-6-4-5-16(10-19)15(3)25/h4-10,18,26H,11-12H2,1-3H3,(H,22,23). The van der Waals surface area contributed by atoms with E-state index in [0.29, 0.717) is 22.2 Å². The molecule has 0 bridgehead atoms. The number of hydrogen-bond donors (Lipinski definition) is 2. The van der Waals surface area contributed by atoms with Gasteiger partial charge in [-0.2, -0.15) is 0 Å². The Bertz CT molecular complexity index is 991. The van der Waals surface area contributed by atoms with Crippen molar-refractivity contribution in [3.63, 3.8) is 0 Å². The van der Waals surface area contributed by atoms with E-state index in [1.807, 2.05) is 6.07 Å². The minimum atomic E-state index is -0.666. The lowest BCUT2D eigenvalue weighted by Crippen LogP contribution is -2.20. The Labute approximate surface area is 178 Å². The van der Waals surface area contributed by atoms with E-state index in [-0.39, 0.29) is 12.4 Å². The summed E-state index contributed by atoms with van der Waals surface area (Å²) >= 11 is 2.87. The number of ether oxygens (including phenoxy) is 1. The normalized spacial score (nSPS) is 11.9. The van der Waals surface area contributed by atoms with Crippen LogP contribution in [0.25, 0.3) is 0 Å². The molecular weight excluding hydrogens is 406 g/mol. The lowest BCUT2D eigenvalue weighted by molar-refractivity contribution is 0.101. The van der Waals surface area contributed by atoms with Gasteiger partial charge in [-0.05, 0) is 56.2 Å². The van der Waals surface area contributed by atoms with Gasteiger partial charge < -0.3 is 15.2 Å². The summed E-state index contributed by atoms with van der Waals surface area (Å²) in [5.41, 5.74) is 4.02. The molecule has 2 N–H and O–H groups in total. The van der Waals surface area contributed by atoms with Crippen molar-refractivity contribution in [2.45, 2.75) is 31.2 Å². The summed E-state index contributed by atoms with van der Waals surface area (Å²) in [4.78, 5) is 11.4. The number of nitrogens with one attached hydrogen (secondary N) is 1. The van der Waals surface area contributed by atoms with Crippen LogP contribution in [-0.2, 0) is 0 Å². The third-order valence-electron chi connectivity index (χ3n) is 4.25. The Hall–Kier alpha value is -2.42. The molecule has 0 aliphatic heterocycles. The molecule has 3 aromatic rings. The fourth-order valence-electron chi connectivity index (χ4n) is 2.47. The van der Waals surface area contributed by atoms with Crippen LogP contribution in [0.4, 0.5) is 10.8 Å². The molecule has 0 fully saturated rings. The summed E-state index contributed by atoms with van der Waals surface area (Å²) in [7, 11) is 0. The minimum Gasteiger partial charge on any atom is -0.491 e. The van der Waals surface area contributed by atoms with Gasteiger partial charge in [0.1, 0.15) is 12.4 Å². The fourth-order valence-corrected chi connectivity index (χ4v) is 4.18. The van der Waals surface area contributed by atoms with Gasteiger partial charge in [0.15, 0.2) is 10.1 Å². The van der Waals surface area contributed by atoms with Crippen molar-refractivity contribution < 1.29 is 14.6 Å². The number of ketones is 1. The van der Waals surface area contributed by atoms with Crippen LogP contribution in [-0.4, -0.2) is 39.6 Å². The van der Waals surface area contributed by atoms with Gasteiger partial charge >= 0.3 is 0 Å². The molecule has 1 unspecified atom stereocenters. The van der Waals surface area contributed by atoms with E-state index in [2.05, 4.69) is 41.5 Å². The first-order valence-corrected chi connectivity index (χ1v) is 10.9. The number of nitrogens with zero attached hydrogens (tertiary/aromatic N) is 2. The number of anilines is 2. The molecule has 1 aromatic heterocycles. The maximum absolute atomic E-state index is 11.4. The first kappa shape index (κ1) is 21.3. The van der Waals surface area contributed by atoms with Gasteiger partial charge in [0.2, 0.25) is 5.13 Å².